The number of nitriles is 1. The van der Waals surface area contributed by atoms with Crippen molar-refractivity contribution in [3.05, 3.63) is 82.4 Å². The van der Waals surface area contributed by atoms with Gasteiger partial charge in [-0.2, -0.15) is 5.26 Å². The Morgan fingerprint density at radius 3 is 2.63 bits per heavy atom. The van der Waals surface area contributed by atoms with Gasteiger partial charge in [0.25, 0.3) is 5.56 Å². The third-order valence-electron chi connectivity index (χ3n) is 4.66. The molecule has 0 bridgehead atoms. The van der Waals surface area contributed by atoms with Gasteiger partial charge in [0.1, 0.15) is 13.2 Å². The van der Waals surface area contributed by atoms with Crippen LogP contribution in [0.15, 0.2) is 65.7 Å². The number of fused-ring (bicyclic) bond motifs is 1. The molecule has 0 radical (unpaired) electrons. The molecule has 0 spiro atoms. The Labute approximate surface area is 171 Å². The molecule has 2 aromatic heterocycles. The van der Waals surface area contributed by atoms with Gasteiger partial charge in [0, 0.05) is 19.4 Å². The van der Waals surface area contributed by atoms with E-state index >= 15 is 0 Å². The van der Waals surface area contributed by atoms with E-state index in [0.29, 0.717) is 22.4 Å². The van der Waals surface area contributed by atoms with E-state index in [-0.39, 0.29) is 18.8 Å². The second-order valence-corrected chi connectivity index (χ2v) is 6.67. The standard InChI is InChI=1S/C22H17N5O3/c1-26-11-10-24-21(26)20-22(29)27(18-5-3-2-4-17(18)25-20)13-19(28)30-14-16-8-6-15(12-23)7-9-16/h2-11H,13-14H2,1H3. The third kappa shape index (κ3) is 3.69. The number of hydrogen-bond donors (Lipinski definition) is 0. The van der Waals surface area contributed by atoms with Gasteiger partial charge >= 0.3 is 5.97 Å². The quantitative estimate of drug-likeness (QED) is 0.478. The molecule has 30 heavy (non-hydrogen) atoms. The zero-order valence-electron chi connectivity index (χ0n) is 16.1. The van der Waals surface area contributed by atoms with Crippen LogP contribution in [0.3, 0.4) is 0 Å². The molecule has 8 nitrogen and oxygen atoms in total. The minimum Gasteiger partial charge on any atom is -0.459 e. The van der Waals surface area contributed by atoms with E-state index in [9.17, 15) is 9.59 Å². The van der Waals surface area contributed by atoms with Crippen LogP contribution in [-0.2, 0) is 29.7 Å². The van der Waals surface area contributed by atoms with Crippen LogP contribution in [0.25, 0.3) is 22.6 Å². The summed E-state index contributed by atoms with van der Waals surface area (Å²) in [6.45, 7) is -0.204. The van der Waals surface area contributed by atoms with Crippen molar-refractivity contribution >= 4 is 17.0 Å². The molecule has 0 saturated carbocycles. The van der Waals surface area contributed by atoms with E-state index in [0.717, 1.165) is 5.56 Å². The molecule has 0 N–H and O–H groups in total. The fourth-order valence-corrected chi connectivity index (χ4v) is 3.10. The SMILES string of the molecule is Cn1ccnc1-c1nc2ccccc2n(CC(=O)OCc2ccc(C#N)cc2)c1=O. The lowest BCUT2D eigenvalue weighted by Gasteiger charge is -2.12. The van der Waals surface area contributed by atoms with Crippen LogP contribution in [0.1, 0.15) is 11.1 Å². The highest BCUT2D eigenvalue weighted by atomic mass is 16.5. The highest BCUT2D eigenvalue weighted by Crippen LogP contribution is 2.16. The molecule has 148 valence electrons. The molecule has 0 saturated heterocycles. The number of nitrogens with zero attached hydrogens (tertiary/aromatic N) is 5. The lowest BCUT2D eigenvalue weighted by molar-refractivity contribution is -0.145. The Morgan fingerprint density at radius 2 is 1.93 bits per heavy atom. The van der Waals surface area contributed by atoms with Crippen molar-refractivity contribution in [1.82, 2.24) is 19.1 Å². The Morgan fingerprint density at radius 1 is 1.17 bits per heavy atom. The van der Waals surface area contributed by atoms with E-state index < -0.39 is 11.5 Å². The molecule has 0 aliphatic carbocycles. The Balaban J connectivity index is 1.63. The summed E-state index contributed by atoms with van der Waals surface area (Å²) in [5, 5.41) is 8.85. The molecule has 0 fully saturated rings. The van der Waals surface area contributed by atoms with E-state index in [4.69, 9.17) is 10.00 Å². The van der Waals surface area contributed by atoms with E-state index in [2.05, 4.69) is 9.97 Å². The van der Waals surface area contributed by atoms with Gasteiger partial charge in [-0.05, 0) is 29.8 Å². The van der Waals surface area contributed by atoms with Gasteiger partial charge in [0.05, 0.1) is 22.7 Å². The summed E-state index contributed by atoms with van der Waals surface area (Å²) < 4.78 is 8.40. The first kappa shape index (κ1) is 19.1. The van der Waals surface area contributed by atoms with Gasteiger partial charge in [0.2, 0.25) is 0 Å². The summed E-state index contributed by atoms with van der Waals surface area (Å²) in [6, 6.07) is 15.9. The monoisotopic (exact) mass is 399 g/mol. The van der Waals surface area contributed by atoms with Crippen LogP contribution < -0.4 is 5.56 Å². The average Bonchev–Trinajstić information content (AvgIpc) is 3.20. The summed E-state index contributed by atoms with van der Waals surface area (Å²) in [7, 11) is 1.77. The molecule has 2 aromatic carbocycles. The zero-order chi connectivity index (χ0) is 21.1. The molecule has 0 unspecified atom stereocenters. The summed E-state index contributed by atoms with van der Waals surface area (Å²) in [5.41, 5.74) is 2.15. The average molecular weight is 399 g/mol. The first-order valence-electron chi connectivity index (χ1n) is 9.19. The van der Waals surface area contributed by atoms with Crippen LogP contribution >= 0.6 is 0 Å². The van der Waals surface area contributed by atoms with Gasteiger partial charge in [-0.3, -0.25) is 14.2 Å². The predicted molar refractivity (Wildman–Crippen MR) is 109 cm³/mol. The smallest absolute Gasteiger partial charge is 0.326 e. The third-order valence-corrected chi connectivity index (χ3v) is 4.66. The van der Waals surface area contributed by atoms with Crippen molar-refractivity contribution < 1.29 is 9.53 Å². The van der Waals surface area contributed by atoms with Crippen LogP contribution in [0.4, 0.5) is 0 Å². The minimum atomic E-state index is -0.552. The Bertz CT molecular complexity index is 1330. The fourth-order valence-electron chi connectivity index (χ4n) is 3.10. The van der Waals surface area contributed by atoms with Crippen LogP contribution in [-0.4, -0.2) is 25.1 Å². The largest absolute Gasteiger partial charge is 0.459 e. The number of aryl methyl sites for hydroxylation is 1. The van der Waals surface area contributed by atoms with Crippen molar-refractivity contribution in [3.63, 3.8) is 0 Å². The Kier molecular flexibility index (Phi) is 5.09. The second-order valence-electron chi connectivity index (χ2n) is 6.67. The molecule has 4 rings (SSSR count). The summed E-state index contributed by atoms with van der Waals surface area (Å²) in [6.07, 6.45) is 3.31. The maximum Gasteiger partial charge on any atom is 0.326 e. The van der Waals surface area contributed by atoms with E-state index in [1.165, 1.54) is 4.57 Å². The van der Waals surface area contributed by atoms with Crippen molar-refractivity contribution in [2.45, 2.75) is 13.2 Å². The molecular weight excluding hydrogens is 382 g/mol. The van der Waals surface area contributed by atoms with Crippen molar-refractivity contribution in [2.24, 2.45) is 7.05 Å². The van der Waals surface area contributed by atoms with Gasteiger partial charge in [-0.1, -0.05) is 24.3 Å². The number of hydrogen-bond acceptors (Lipinski definition) is 6. The fraction of sp³-hybridized carbons (Fsp3) is 0.136. The predicted octanol–water partition coefficient (Wildman–Crippen LogP) is 2.41. The van der Waals surface area contributed by atoms with Crippen molar-refractivity contribution in [2.75, 3.05) is 0 Å². The number of carbonyl (C=O) groups excluding carboxylic acids is 1. The second kappa shape index (κ2) is 8.01. The lowest BCUT2D eigenvalue weighted by Crippen LogP contribution is -2.28. The van der Waals surface area contributed by atoms with Gasteiger partial charge in [-0.25, -0.2) is 9.97 Å². The maximum atomic E-state index is 13.1. The molecular formula is C22H17N5O3. The van der Waals surface area contributed by atoms with Crippen molar-refractivity contribution in [1.29, 1.82) is 5.26 Å². The highest BCUT2D eigenvalue weighted by Gasteiger charge is 2.18. The van der Waals surface area contributed by atoms with Crippen LogP contribution in [0.2, 0.25) is 0 Å². The molecule has 0 amide bonds. The van der Waals surface area contributed by atoms with Crippen LogP contribution in [0, 0.1) is 11.3 Å². The topological polar surface area (TPSA) is 103 Å². The normalized spacial score (nSPS) is 10.7. The van der Waals surface area contributed by atoms with Crippen molar-refractivity contribution in [3.8, 4) is 17.6 Å². The van der Waals surface area contributed by atoms with Gasteiger partial charge < -0.3 is 9.30 Å². The highest BCUT2D eigenvalue weighted by molar-refractivity contribution is 5.79. The number of esters is 1. The Hall–Kier alpha value is -4.25. The van der Waals surface area contributed by atoms with Gasteiger partial charge in [0.15, 0.2) is 11.5 Å². The van der Waals surface area contributed by atoms with E-state index in [1.807, 2.05) is 12.1 Å². The zero-order valence-corrected chi connectivity index (χ0v) is 16.1. The number of ether oxygens (including phenoxy) is 1. The van der Waals surface area contributed by atoms with Gasteiger partial charge in [-0.15, -0.1) is 0 Å². The molecule has 4 aromatic rings. The molecule has 8 heteroatoms. The molecule has 2 heterocycles. The number of aromatic nitrogens is 4. The summed E-state index contributed by atoms with van der Waals surface area (Å²) in [4.78, 5) is 34.3. The number of benzene rings is 2. The minimum absolute atomic E-state index is 0.0501. The first-order valence-corrected chi connectivity index (χ1v) is 9.19. The number of imidazole rings is 1. The number of rotatable bonds is 5. The first-order chi connectivity index (χ1) is 14.6. The summed E-state index contributed by atoms with van der Waals surface area (Å²) in [5.74, 6) is -0.131. The lowest BCUT2D eigenvalue weighted by atomic mass is 10.2. The molecule has 0 atom stereocenters. The maximum absolute atomic E-state index is 13.1. The van der Waals surface area contributed by atoms with Crippen LogP contribution in [0.5, 0.6) is 0 Å². The molecule has 0 aliphatic rings. The number of carbonyl (C=O) groups is 1. The van der Waals surface area contributed by atoms with E-state index in [1.54, 1.807) is 66.5 Å². The molecule has 0 aliphatic heterocycles. The number of para-hydroxylation sites is 2. The summed E-state index contributed by atoms with van der Waals surface area (Å²) >= 11 is 0.